The lowest BCUT2D eigenvalue weighted by molar-refractivity contribution is -0.111. The van der Waals surface area contributed by atoms with Gasteiger partial charge in [0.05, 0.1) is 12.8 Å². The van der Waals surface area contributed by atoms with Crippen LogP contribution >= 0.6 is 11.3 Å². The van der Waals surface area contributed by atoms with Crippen LogP contribution in [0, 0.1) is 6.92 Å². The van der Waals surface area contributed by atoms with Gasteiger partial charge < -0.3 is 4.74 Å². The Morgan fingerprint density at radius 2 is 1.84 bits per heavy atom. The van der Waals surface area contributed by atoms with Crippen LogP contribution in [-0.2, 0) is 4.79 Å². The number of carbonyl (C=O) groups is 1. The number of anilines is 1. The molecule has 126 valence electrons. The monoisotopic (exact) mass is 350 g/mol. The molecule has 0 aliphatic heterocycles. The molecular weight excluding hydrogens is 332 g/mol. The fourth-order valence-corrected chi connectivity index (χ4v) is 3.19. The van der Waals surface area contributed by atoms with Crippen LogP contribution in [0.1, 0.15) is 10.4 Å². The van der Waals surface area contributed by atoms with Crippen molar-refractivity contribution in [2.24, 2.45) is 0 Å². The smallest absolute Gasteiger partial charge is 0.250 e. The van der Waals surface area contributed by atoms with Crippen LogP contribution in [0.5, 0.6) is 5.75 Å². The van der Waals surface area contributed by atoms with Crippen molar-refractivity contribution in [3.63, 3.8) is 0 Å². The molecule has 0 atom stereocenters. The Kier molecular flexibility index (Phi) is 5.26. The number of hydrogen-bond donors (Lipinski definition) is 1. The summed E-state index contributed by atoms with van der Waals surface area (Å²) in [7, 11) is 1.64. The molecule has 25 heavy (non-hydrogen) atoms. The predicted octanol–water partition coefficient (Wildman–Crippen LogP) is 4.78. The van der Waals surface area contributed by atoms with E-state index >= 15 is 0 Å². The van der Waals surface area contributed by atoms with Crippen molar-refractivity contribution in [2.75, 3.05) is 12.4 Å². The average Bonchev–Trinajstić information content (AvgIpc) is 3.01. The van der Waals surface area contributed by atoms with E-state index in [-0.39, 0.29) is 5.91 Å². The Labute approximate surface area is 150 Å². The summed E-state index contributed by atoms with van der Waals surface area (Å²) in [5.41, 5.74) is 2.84. The summed E-state index contributed by atoms with van der Waals surface area (Å²) in [5, 5.41) is 3.41. The third kappa shape index (κ3) is 4.33. The minimum absolute atomic E-state index is 0.195. The van der Waals surface area contributed by atoms with Crippen LogP contribution in [0.25, 0.3) is 17.3 Å². The average molecular weight is 350 g/mol. The summed E-state index contributed by atoms with van der Waals surface area (Å²) >= 11 is 1.46. The molecule has 0 radical (unpaired) electrons. The van der Waals surface area contributed by atoms with Crippen molar-refractivity contribution >= 4 is 28.5 Å². The van der Waals surface area contributed by atoms with Gasteiger partial charge in [0.1, 0.15) is 5.75 Å². The summed E-state index contributed by atoms with van der Waals surface area (Å²) in [6.45, 7) is 1.99. The number of aryl methyl sites for hydroxylation is 1. The molecule has 1 aromatic heterocycles. The number of benzene rings is 2. The molecular formula is C20H18N2O2S. The van der Waals surface area contributed by atoms with Crippen LogP contribution in [0.3, 0.4) is 0 Å². The van der Waals surface area contributed by atoms with Crippen LogP contribution in [0.4, 0.5) is 5.13 Å². The van der Waals surface area contributed by atoms with Crippen molar-refractivity contribution in [3.8, 4) is 17.0 Å². The van der Waals surface area contributed by atoms with Gasteiger partial charge in [-0.3, -0.25) is 10.1 Å². The fourth-order valence-electron chi connectivity index (χ4n) is 2.35. The van der Waals surface area contributed by atoms with E-state index in [9.17, 15) is 4.79 Å². The SMILES string of the molecule is COc1ccc(-c2nc(NC(=O)/C=C/c3ccccc3)sc2C)cc1. The van der Waals surface area contributed by atoms with Crippen molar-refractivity contribution < 1.29 is 9.53 Å². The van der Waals surface area contributed by atoms with E-state index in [4.69, 9.17) is 4.74 Å². The number of hydrogen-bond acceptors (Lipinski definition) is 4. The first-order valence-electron chi connectivity index (χ1n) is 7.81. The zero-order valence-electron chi connectivity index (χ0n) is 14.0. The highest BCUT2D eigenvalue weighted by Crippen LogP contribution is 2.31. The number of aromatic nitrogens is 1. The third-order valence-corrected chi connectivity index (χ3v) is 4.50. The van der Waals surface area contributed by atoms with Crippen molar-refractivity contribution in [1.29, 1.82) is 0 Å². The van der Waals surface area contributed by atoms with Gasteiger partial charge in [0.25, 0.3) is 0 Å². The Hall–Kier alpha value is -2.92. The van der Waals surface area contributed by atoms with Gasteiger partial charge in [-0.1, -0.05) is 30.3 Å². The first-order valence-corrected chi connectivity index (χ1v) is 8.63. The summed E-state index contributed by atoms with van der Waals surface area (Å²) in [6.07, 6.45) is 3.29. The maximum absolute atomic E-state index is 12.1. The molecule has 0 bridgehead atoms. The summed E-state index contributed by atoms with van der Waals surface area (Å²) < 4.78 is 5.17. The molecule has 0 saturated carbocycles. The van der Waals surface area contributed by atoms with Crippen LogP contribution in [0.2, 0.25) is 0 Å². The molecule has 1 heterocycles. The van der Waals surface area contributed by atoms with Crippen molar-refractivity contribution in [1.82, 2.24) is 4.98 Å². The zero-order chi connectivity index (χ0) is 17.6. The highest BCUT2D eigenvalue weighted by Gasteiger charge is 2.11. The molecule has 4 nitrogen and oxygen atoms in total. The fraction of sp³-hybridized carbons (Fsp3) is 0.100. The van der Waals surface area contributed by atoms with Crippen molar-refractivity contribution in [3.05, 3.63) is 71.1 Å². The van der Waals surface area contributed by atoms with Crippen LogP contribution in [0.15, 0.2) is 60.7 Å². The molecule has 3 aromatic rings. The molecule has 0 saturated heterocycles. The van der Waals surface area contributed by atoms with E-state index in [0.29, 0.717) is 5.13 Å². The number of nitrogens with zero attached hydrogens (tertiary/aromatic N) is 1. The van der Waals surface area contributed by atoms with E-state index in [1.165, 1.54) is 17.4 Å². The van der Waals surface area contributed by atoms with Gasteiger partial charge in [0.15, 0.2) is 5.13 Å². The molecule has 0 aliphatic carbocycles. The standard InChI is InChI=1S/C20H18N2O2S/c1-14-19(16-9-11-17(24-2)12-10-16)22-20(25-14)21-18(23)13-8-15-6-4-3-5-7-15/h3-13H,1-2H3,(H,21,22,23)/b13-8+. The maximum Gasteiger partial charge on any atom is 0.250 e. The van der Waals surface area contributed by atoms with E-state index in [1.54, 1.807) is 13.2 Å². The molecule has 5 heteroatoms. The molecule has 1 N–H and O–H groups in total. The highest BCUT2D eigenvalue weighted by atomic mass is 32.1. The number of nitrogens with one attached hydrogen (secondary N) is 1. The number of thiazole rings is 1. The highest BCUT2D eigenvalue weighted by molar-refractivity contribution is 7.16. The van der Waals surface area contributed by atoms with Crippen molar-refractivity contribution in [2.45, 2.75) is 6.92 Å². The van der Waals surface area contributed by atoms with Gasteiger partial charge in [0, 0.05) is 16.5 Å². The van der Waals surface area contributed by atoms with Gasteiger partial charge in [-0.2, -0.15) is 0 Å². The largest absolute Gasteiger partial charge is 0.497 e. The summed E-state index contributed by atoms with van der Waals surface area (Å²) in [6, 6.07) is 17.4. The molecule has 0 unspecified atom stereocenters. The lowest BCUT2D eigenvalue weighted by atomic mass is 10.1. The second kappa shape index (κ2) is 7.77. The molecule has 2 aromatic carbocycles. The normalized spacial score (nSPS) is 10.8. The number of ether oxygens (including phenoxy) is 1. The number of amides is 1. The Morgan fingerprint density at radius 3 is 2.52 bits per heavy atom. The predicted molar refractivity (Wildman–Crippen MR) is 103 cm³/mol. The Morgan fingerprint density at radius 1 is 1.12 bits per heavy atom. The molecule has 0 spiro atoms. The quantitative estimate of drug-likeness (QED) is 0.674. The minimum atomic E-state index is -0.195. The second-order valence-electron chi connectivity index (χ2n) is 5.39. The van der Waals surface area contributed by atoms with Gasteiger partial charge in [-0.05, 0) is 42.8 Å². The van der Waals surface area contributed by atoms with Crippen LogP contribution in [-0.4, -0.2) is 18.0 Å². The zero-order valence-corrected chi connectivity index (χ0v) is 14.8. The maximum atomic E-state index is 12.1. The van der Waals surface area contributed by atoms with E-state index in [1.807, 2.05) is 61.5 Å². The number of rotatable bonds is 5. The lowest BCUT2D eigenvalue weighted by Crippen LogP contribution is -2.07. The van der Waals surface area contributed by atoms with E-state index < -0.39 is 0 Å². The van der Waals surface area contributed by atoms with Gasteiger partial charge in [0.2, 0.25) is 5.91 Å². The number of methoxy groups -OCH3 is 1. The Bertz CT molecular complexity index is 884. The molecule has 3 rings (SSSR count). The third-order valence-electron chi connectivity index (χ3n) is 3.62. The molecule has 0 fully saturated rings. The molecule has 1 amide bonds. The lowest BCUT2D eigenvalue weighted by Gasteiger charge is -2.01. The van der Waals surface area contributed by atoms with E-state index in [2.05, 4.69) is 10.3 Å². The number of carbonyl (C=O) groups excluding carboxylic acids is 1. The first kappa shape index (κ1) is 16.9. The Balaban J connectivity index is 1.71. The molecule has 0 aliphatic rings. The van der Waals surface area contributed by atoms with Gasteiger partial charge in [-0.15, -0.1) is 11.3 Å². The minimum Gasteiger partial charge on any atom is -0.497 e. The first-order chi connectivity index (χ1) is 12.2. The van der Waals surface area contributed by atoms with Gasteiger partial charge >= 0.3 is 0 Å². The van der Waals surface area contributed by atoms with Gasteiger partial charge in [-0.25, -0.2) is 4.98 Å². The van der Waals surface area contributed by atoms with Crippen LogP contribution < -0.4 is 10.1 Å². The topological polar surface area (TPSA) is 51.2 Å². The second-order valence-corrected chi connectivity index (χ2v) is 6.59. The van der Waals surface area contributed by atoms with E-state index in [0.717, 1.165) is 27.4 Å². The summed E-state index contributed by atoms with van der Waals surface area (Å²) in [4.78, 5) is 17.7. The summed E-state index contributed by atoms with van der Waals surface area (Å²) in [5.74, 6) is 0.607.